The Morgan fingerprint density at radius 3 is 2.50 bits per heavy atom. The van der Waals surface area contributed by atoms with Gasteiger partial charge in [-0.3, -0.25) is 4.57 Å². The van der Waals surface area contributed by atoms with Gasteiger partial charge in [0, 0.05) is 19.8 Å². The van der Waals surface area contributed by atoms with E-state index in [9.17, 15) is 0 Å². The van der Waals surface area contributed by atoms with Crippen molar-refractivity contribution in [3.63, 3.8) is 0 Å². The molecule has 0 aliphatic carbocycles. The molecule has 1 aromatic carbocycles. The minimum absolute atomic E-state index is 0.746. The first-order valence-corrected chi connectivity index (χ1v) is 6.34. The first-order chi connectivity index (χ1) is 7.68. The molecule has 0 aliphatic rings. The highest BCUT2D eigenvalue weighted by molar-refractivity contribution is 7.98. The van der Waals surface area contributed by atoms with Gasteiger partial charge in [-0.2, -0.15) is 0 Å². The molecule has 84 valence electrons. The lowest BCUT2D eigenvalue weighted by Gasteiger charge is -2.00. The zero-order valence-electron chi connectivity index (χ0n) is 9.25. The SMILES string of the molecule is Cn1nc(SCc2ccccc2)n(C)c1=S. The molecule has 0 spiro atoms. The van der Waals surface area contributed by atoms with E-state index < -0.39 is 0 Å². The number of hydrogen-bond donors (Lipinski definition) is 0. The maximum Gasteiger partial charge on any atom is 0.197 e. The maximum absolute atomic E-state index is 5.20. The van der Waals surface area contributed by atoms with Gasteiger partial charge in [0.05, 0.1) is 0 Å². The third-order valence-electron chi connectivity index (χ3n) is 2.30. The van der Waals surface area contributed by atoms with E-state index in [0.29, 0.717) is 0 Å². The van der Waals surface area contributed by atoms with E-state index in [4.69, 9.17) is 12.2 Å². The van der Waals surface area contributed by atoms with Gasteiger partial charge in [-0.1, -0.05) is 42.1 Å². The Morgan fingerprint density at radius 1 is 1.25 bits per heavy atom. The van der Waals surface area contributed by atoms with E-state index in [1.54, 1.807) is 16.4 Å². The van der Waals surface area contributed by atoms with Crippen LogP contribution in [-0.4, -0.2) is 14.3 Å². The summed E-state index contributed by atoms with van der Waals surface area (Å²) < 4.78 is 4.40. The van der Waals surface area contributed by atoms with Crippen LogP contribution in [-0.2, 0) is 19.8 Å². The third-order valence-corrected chi connectivity index (χ3v) is 3.93. The maximum atomic E-state index is 5.20. The van der Waals surface area contributed by atoms with E-state index in [2.05, 4.69) is 17.2 Å². The molecule has 0 amide bonds. The van der Waals surface area contributed by atoms with Crippen LogP contribution in [0, 0.1) is 4.77 Å². The monoisotopic (exact) mass is 251 g/mol. The van der Waals surface area contributed by atoms with Crippen LogP contribution < -0.4 is 0 Å². The number of hydrogen-bond acceptors (Lipinski definition) is 3. The van der Waals surface area contributed by atoms with Crippen LogP contribution >= 0.6 is 24.0 Å². The summed E-state index contributed by atoms with van der Waals surface area (Å²) >= 11 is 6.90. The van der Waals surface area contributed by atoms with Crippen molar-refractivity contribution < 1.29 is 0 Å². The number of rotatable bonds is 3. The Kier molecular flexibility index (Phi) is 3.46. The highest BCUT2D eigenvalue weighted by Gasteiger charge is 2.05. The summed E-state index contributed by atoms with van der Waals surface area (Å²) in [4.78, 5) is 0. The number of nitrogens with zero attached hydrogens (tertiary/aromatic N) is 3. The van der Waals surface area contributed by atoms with Gasteiger partial charge < -0.3 is 0 Å². The molecule has 1 heterocycles. The minimum Gasteiger partial charge on any atom is -0.298 e. The molecule has 0 atom stereocenters. The molecular formula is C11H13N3S2. The van der Waals surface area contributed by atoms with Gasteiger partial charge in [-0.25, -0.2) is 4.68 Å². The van der Waals surface area contributed by atoms with Gasteiger partial charge >= 0.3 is 0 Å². The van der Waals surface area contributed by atoms with Gasteiger partial charge in [0.25, 0.3) is 0 Å². The van der Waals surface area contributed by atoms with Gasteiger partial charge in [-0.15, -0.1) is 5.10 Å². The van der Waals surface area contributed by atoms with Gasteiger partial charge in [-0.05, 0) is 17.8 Å². The predicted octanol–water partition coefficient (Wildman–Crippen LogP) is 2.78. The zero-order chi connectivity index (χ0) is 11.5. The van der Waals surface area contributed by atoms with E-state index in [-0.39, 0.29) is 0 Å². The summed E-state index contributed by atoms with van der Waals surface area (Å²) in [5.74, 6) is 0.917. The third kappa shape index (κ3) is 2.36. The molecule has 5 heteroatoms. The van der Waals surface area contributed by atoms with Crippen molar-refractivity contribution in [3.05, 3.63) is 40.7 Å². The molecule has 0 fully saturated rings. The molecule has 1 aromatic heterocycles. The lowest BCUT2D eigenvalue weighted by atomic mass is 10.2. The average Bonchev–Trinajstić information content (AvgIpc) is 2.56. The second-order valence-corrected chi connectivity index (χ2v) is 4.83. The molecule has 0 bridgehead atoms. The Labute approximate surface area is 104 Å². The van der Waals surface area contributed by atoms with Crippen molar-refractivity contribution in [2.24, 2.45) is 14.1 Å². The molecular weight excluding hydrogens is 238 g/mol. The summed E-state index contributed by atoms with van der Waals surface area (Å²) in [5.41, 5.74) is 1.30. The predicted molar refractivity (Wildman–Crippen MR) is 69.0 cm³/mol. The summed E-state index contributed by atoms with van der Waals surface area (Å²) in [6, 6.07) is 10.4. The van der Waals surface area contributed by atoms with Gasteiger partial charge in [0.1, 0.15) is 0 Å². The van der Waals surface area contributed by atoms with E-state index in [0.717, 1.165) is 15.7 Å². The first-order valence-electron chi connectivity index (χ1n) is 4.95. The fourth-order valence-corrected chi connectivity index (χ4v) is 2.52. The van der Waals surface area contributed by atoms with Crippen molar-refractivity contribution in [1.82, 2.24) is 14.3 Å². The highest BCUT2D eigenvalue weighted by atomic mass is 32.2. The summed E-state index contributed by atoms with van der Waals surface area (Å²) in [5, 5.41) is 5.32. The Balaban J connectivity index is 2.11. The van der Waals surface area contributed by atoms with Crippen LogP contribution in [0.4, 0.5) is 0 Å². The summed E-state index contributed by atoms with van der Waals surface area (Å²) in [6.45, 7) is 0. The molecule has 0 saturated heterocycles. The Hall–Kier alpha value is -1.07. The fourth-order valence-electron chi connectivity index (χ4n) is 1.38. The number of benzene rings is 1. The largest absolute Gasteiger partial charge is 0.298 e. The number of aryl methyl sites for hydroxylation is 1. The quantitative estimate of drug-likeness (QED) is 0.619. The highest BCUT2D eigenvalue weighted by Crippen LogP contribution is 2.20. The molecule has 0 saturated carbocycles. The van der Waals surface area contributed by atoms with Crippen LogP contribution in [0.3, 0.4) is 0 Å². The normalized spacial score (nSPS) is 10.6. The second-order valence-electron chi connectivity index (χ2n) is 3.52. The first kappa shape index (κ1) is 11.4. The van der Waals surface area contributed by atoms with Crippen LogP contribution in [0.15, 0.2) is 35.5 Å². The Bertz CT molecular complexity index is 528. The van der Waals surface area contributed by atoms with E-state index in [1.165, 1.54) is 5.56 Å². The van der Waals surface area contributed by atoms with Crippen LogP contribution in [0.25, 0.3) is 0 Å². The van der Waals surface area contributed by atoms with Crippen molar-refractivity contribution in [1.29, 1.82) is 0 Å². The molecule has 0 N–H and O–H groups in total. The molecule has 0 aliphatic heterocycles. The molecule has 3 nitrogen and oxygen atoms in total. The van der Waals surface area contributed by atoms with Crippen LogP contribution in [0.2, 0.25) is 0 Å². The number of thioether (sulfide) groups is 1. The second kappa shape index (κ2) is 4.84. The summed E-state index contributed by atoms with van der Waals surface area (Å²) in [7, 11) is 3.82. The van der Waals surface area contributed by atoms with E-state index in [1.807, 2.05) is 36.9 Å². The molecule has 2 rings (SSSR count). The average molecular weight is 251 g/mol. The van der Waals surface area contributed by atoms with Gasteiger partial charge in [0.2, 0.25) is 0 Å². The molecule has 2 aromatic rings. The molecule has 0 radical (unpaired) electrons. The van der Waals surface area contributed by atoms with Gasteiger partial charge in [0.15, 0.2) is 9.93 Å². The Morgan fingerprint density at radius 2 is 1.94 bits per heavy atom. The standard InChI is InChI=1S/C11H13N3S2/c1-13-10(12-14(2)11(13)15)16-8-9-6-4-3-5-7-9/h3-7H,8H2,1-2H3. The minimum atomic E-state index is 0.746. The van der Waals surface area contributed by atoms with Crippen molar-refractivity contribution >= 4 is 24.0 Å². The smallest absolute Gasteiger partial charge is 0.197 e. The van der Waals surface area contributed by atoms with Crippen LogP contribution in [0.1, 0.15) is 5.56 Å². The summed E-state index contributed by atoms with van der Waals surface area (Å²) in [6.07, 6.45) is 0. The van der Waals surface area contributed by atoms with Crippen molar-refractivity contribution in [2.45, 2.75) is 10.9 Å². The molecule has 16 heavy (non-hydrogen) atoms. The van der Waals surface area contributed by atoms with Crippen LogP contribution in [0.5, 0.6) is 0 Å². The number of aromatic nitrogens is 3. The topological polar surface area (TPSA) is 22.8 Å². The van der Waals surface area contributed by atoms with E-state index >= 15 is 0 Å². The van der Waals surface area contributed by atoms with Crippen molar-refractivity contribution in [3.8, 4) is 0 Å². The lowest BCUT2D eigenvalue weighted by Crippen LogP contribution is -1.92. The molecule has 0 unspecified atom stereocenters. The van der Waals surface area contributed by atoms with Crippen molar-refractivity contribution in [2.75, 3.05) is 0 Å². The fraction of sp³-hybridized carbons (Fsp3) is 0.273. The zero-order valence-corrected chi connectivity index (χ0v) is 10.9. The lowest BCUT2D eigenvalue weighted by molar-refractivity contribution is 0.729.